The third-order valence-electron chi connectivity index (χ3n) is 5.08. The van der Waals surface area contributed by atoms with Gasteiger partial charge in [0.2, 0.25) is 0 Å². The second-order valence-electron chi connectivity index (χ2n) is 7.45. The Morgan fingerprint density at radius 1 is 0.875 bits per heavy atom. The van der Waals surface area contributed by atoms with Crippen molar-refractivity contribution in [1.82, 2.24) is 0 Å². The molecule has 32 heavy (non-hydrogen) atoms. The van der Waals surface area contributed by atoms with E-state index in [4.69, 9.17) is 27.9 Å². The van der Waals surface area contributed by atoms with Gasteiger partial charge in [-0.3, -0.25) is 4.79 Å². The van der Waals surface area contributed by atoms with E-state index in [1.807, 2.05) is 73.7 Å². The monoisotopic (exact) mass is 464 g/mol. The highest BCUT2D eigenvalue weighted by Crippen LogP contribution is 2.30. The summed E-state index contributed by atoms with van der Waals surface area (Å²) in [5.74, 6) is 0.431. The van der Waals surface area contributed by atoms with Gasteiger partial charge in [-0.2, -0.15) is 0 Å². The summed E-state index contributed by atoms with van der Waals surface area (Å²) >= 11 is 12.2. The number of hydrogen-bond acceptors (Lipinski definition) is 3. The van der Waals surface area contributed by atoms with Crippen LogP contribution in [0.1, 0.15) is 11.1 Å². The first-order valence-corrected chi connectivity index (χ1v) is 10.9. The fraction of sp³-hybridized carbons (Fsp3) is 0.115. The molecule has 162 valence electrons. The Bertz CT molecular complexity index is 1260. The van der Waals surface area contributed by atoms with Gasteiger partial charge >= 0.3 is 0 Å². The van der Waals surface area contributed by atoms with Crippen molar-refractivity contribution in [2.45, 2.75) is 13.5 Å². The summed E-state index contributed by atoms with van der Waals surface area (Å²) in [6.07, 6.45) is 0. The summed E-state index contributed by atoms with van der Waals surface area (Å²) < 4.78 is 5.94. The lowest BCUT2D eigenvalue weighted by Gasteiger charge is -2.16. The zero-order valence-corrected chi connectivity index (χ0v) is 19.0. The van der Waals surface area contributed by atoms with Crippen LogP contribution in [0.4, 0.5) is 11.4 Å². The van der Waals surface area contributed by atoms with Crippen molar-refractivity contribution in [3.63, 3.8) is 0 Å². The van der Waals surface area contributed by atoms with Crippen molar-refractivity contribution in [1.29, 1.82) is 0 Å². The molecule has 0 atom stereocenters. The molecule has 0 fully saturated rings. The lowest BCUT2D eigenvalue weighted by Crippen LogP contribution is -2.20. The Morgan fingerprint density at radius 3 is 2.41 bits per heavy atom. The number of nitrogens with one attached hydrogen (secondary N) is 2. The van der Waals surface area contributed by atoms with Gasteiger partial charge in [0.25, 0.3) is 5.91 Å². The Balaban J connectivity index is 1.52. The first kappa shape index (κ1) is 22.0. The van der Waals surface area contributed by atoms with E-state index in [1.54, 1.807) is 12.1 Å². The number of rotatable bonds is 7. The van der Waals surface area contributed by atoms with E-state index >= 15 is 0 Å². The van der Waals surface area contributed by atoms with Crippen LogP contribution in [0.2, 0.25) is 10.0 Å². The zero-order valence-electron chi connectivity index (χ0n) is 17.5. The number of aryl methyl sites for hydroxylation is 1. The molecule has 0 saturated heterocycles. The van der Waals surface area contributed by atoms with Crippen LogP contribution in [0, 0.1) is 6.92 Å². The smallest absolute Gasteiger partial charge is 0.262 e. The molecule has 4 nitrogen and oxygen atoms in total. The molecule has 2 N–H and O–H groups in total. The average molecular weight is 465 g/mol. The van der Waals surface area contributed by atoms with Gasteiger partial charge in [0.1, 0.15) is 5.75 Å². The number of ether oxygens (including phenoxy) is 1. The Labute approximate surface area is 197 Å². The Morgan fingerprint density at radius 2 is 1.62 bits per heavy atom. The predicted molar refractivity (Wildman–Crippen MR) is 133 cm³/mol. The van der Waals surface area contributed by atoms with E-state index in [-0.39, 0.29) is 12.5 Å². The maximum absolute atomic E-state index is 12.4. The summed E-state index contributed by atoms with van der Waals surface area (Å²) in [6.45, 7) is 2.40. The molecule has 0 aliphatic heterocycles. The summed E-state index contributed by atoms with van der Waals surface area (Å²) in [5.41, 5.74) is 3.67. The summed E-state index contributed by atoms with van der Waals surface area (Å²) in [4.78, 5) is 12.4. The molecule has 0 aliphatic carbocycles. The molecular weight excluding hydrogens is 443 g/mol. The maximum atomic E-state index is 12.4. The molecule has 4 rings (SSSR count). The van der Waals surface area contributed by atoms with E-state index in [1.165, 1.54) is 0 Å². The minimum Gasteiger partial charge on any atom is -0.483 e. The molecule has 0 unspecified atom stereocenters. The van der Waals surface area contributed by atoms with E-state index < -0.39 is 0 Å². The number of hydrogen-bond donors (Lipinski definition) is 2. The second kappa shape index (κ2) is 9.94. The van der Waals surface area contributed by atoms with Crippen LogP contribution in [-0.2, 0) is 11.3 Å². The minimum atomic E-state index is -0.217. The van der Waals surface area contributed by atoms with Crippen LogP contribution < -0.4 is 15.4 Å². The SMILES string of the molecule is Cc1ccc(NC(=O)COc2ccc3ccccc3c2CNc2ccc(Cl)c(Cl)c2)cc1. The van der Waals surface area contributed by atoms with Crippen LogP contribution in [-0.4, -0.2) is 12.5 Å². The van der Waals surface area contributed by atoms with Crippen LogP contribution in [0.5, 0.6) is 5.75 Å². The van der Waals surface area contributed by atoms with Gasteiger partial charge in [-0.1, -0.05) is 71.2 Å². The van der Waals surface area contributed by atoms with Crippen molar-refractivity contribution in [3.05, 3.63) is 100 Å². The molecular formula is C26H22Cl2N2O2. The number of carbonyl (C=O) groups is 1. The zero-order chi connectivity index (χ0) is 22.5. The molecule has 4 aromatic carbocycles. The van der Waals surface area contributed by atoms with Crippen molar-refractivity contribution < 1.29 is 9.53 Å². The molecule has 0 aliphatic rings. The van der Waals surface area contributed by atoms with Crippen molar-refractivity contribution in [3.8, 4) is 5.75 Å². The van der Waals surface area contributed by atoms with Crippen molar-refractivity contribution in [2.24, 2.45) is 0 Å². The quantitative estimate of drug-likeness (QED) is 0.307. The molecule has 0 spiro atoms. The van der Waals surface area contributed by atoms with E-state index in [9.17, 15) is 4.79 Å². The van der Waals surface area contributed by atoms with Gasteiger partial charge in [-0.05, 0) is 54.1 Å². The molecule has 0 saturated carbocycles. The fourth-order valence-corrected chi connectivity index (χ4v) is 3.71. The minimum absolute atomic E-state index is 0.0913. The van der Waals surface area contributed by atoms with E-state index in [2.05, 4.69) is 10.6 Å². The number of amides is 1. The van der Waals surface area contributed by atoms with Crippen molar-refractivity contribution >= 4 is 51.3 Å². The number of carbonyl (C=O) groups excluding carboxylic acids is 1. The highest BCUT2D eigenvalue weighted by molar-refractivity contribution is 6.42. The number of fused-ring (bicyclic) bond motifs is 1. The molecule has 4 aromatic rings. The summed E-state index contributed by atoms with van der Waals surface area (Å²) in [7, 11) is 0. The largest absolute Gasteiger partial charge is 0.483 e. The van der Waals surface area contributed by atoms with Gasteiger partial charge in [0, 0.05) is 23.5 Å². The average Bonchev–Trinajstić information content (AvgIpc) is 2.80. The van der Waals surface area contributed by atoms with Gasteiger partial charge in [0.05, 0.1) is 10.0 Å². The van der Waals surface area contributed by atoms with Crippen LogP contribution >= 0.6 is 23.2 Å². The van der Waals surface area contributed by atoms with Gasteiger partial charge in [-0.15, -0.1) is 0 Å². The lowest BCUT2D eigenvalue weighted by atomic mass is 10.0. The maximum Gasteiger partial charge on any atom is 0.262 e. The van der Waals surface area contributed by atoms with Gasteiger partial charge in [-0.25, -0.2) is 0 Å². The topological polar surface area (TPSA) is 50.4 Å². The first-order chi connectivity index (χ1) is 15.5. The molecule has 0 aromatic heterocycles. The van der Waals surface area contributed by atoms with Crippen LogP contribution in [0.15, 0.2) is 78.9 Å². The van der Waals surface area contributed by atoms with Gasteiger partial charge in [0.15, 0.2) is 6.61 Å². The Hall–Kier alpha value is -3.21. The van der Waals surface area contributed by atoms with E-state index in [0.29, 0.717) is 22.3 Å². The number of anilines is 2. The predicted octanol–water partition coefficient (Wildman–Crippen LogP) is 7.08. The molecule has 0 bridgehead atoms. The normalized spacial score (nSPS) is 10.7. The molecule has 1 amide bonds. The second-order valence-corrected chi connectivity index (χ2v) is 8.26. The van der Waals surface area contributed by atoms with Crippen LogP contribution in [0.25, 0.3) is 10.8 Å². The third kappa shape index (κ3) is 5.34. The number of halogens is 2. The third-order valence-corrected chi connectivity index (χ3v) is 5.82. The highest BCUT2D eigenvalue weighted by atomic mass is 35.5. The van der Waals surface area contributed by atoms with Gasteiger partial charge < -0.3 is 15.4 Å². The molecule has 0 heterocycles. The standard InChI is InChI=1S/C26H22Cl2N2O2/c1-17-6-9-19(10-7-17)30-26(31)16-32-25-13-8-18-4-2-3-5-21(18)22(25)15-29-20-11-12-23(27)24(28)14-20/h2-14,29H,15-16H2,1H3,(H,30,31). The molecule has 6 heteroatoms. The van der Waals surface area contributed by atoms with Crippen LogP contribution in [0.3, 0.4) is 0 Å². The summed E-state index contributed by atoms with van der Waals surface area (Å²) in [6, 6.07) is 25.0. The van der Waals surface area contributed by atoms with E-state index in [0.717, 1.165) is 33.3 Å². The number of benzene rings is 4. The molecule has 0 radical (unpaired) electrons. The van der Waals surface area contributed by atoms with Crippen molar-refractivity contribution in [2.75, 3.05) is 17.2 Å². The summed E-state index contributed by atoms with van der Waals surface area (Å²) in [5, 5.41) is 9.36. The lowest BCUT2D eigenvalue weighted by molar-refractivity contribution is -0.118. The Kier molecular flexibility index (Phi) is 6.84. The fourth-order valence-electron chi connectivity index (χ4n) is 3.41. The highest BCUT2D eigenvalue weighted by Gasteiger charge is 2.12. The first-order valence-electron chi connectivity index (χ1n) is 10.2.